The number of furan rings is 2. The zero-order valence-corrected chi connectivity index (χ0v) is 21.5. The topological polar surface area (TPSA) is 26.3 Å². The Bertz CT molecular complexity index is 2250. The Hall–Kier alpha value is -5.34. The summed E-state index contributed by atoms with van der Waals surface area (Å²) in [5, 5.41) is 9.29. The molecule has 0 aliphatic heterocycles. The van der Waals surface area contributed by atoms with Crippen LogP contribution in [0.1, 0.15) is 0 Å². The first kappa shape index (κ1) is 21.6. The fourth-order valence-corrected chi connectivity index (χ4v) is 6.33. The molecule has 0 radical (unpaired) electrons. The van der Waals surface area contributed by atoms with Gasteiger partial charge in [0, 0.05) is 21.5 Å². The van der Waals surface area contributed by atoms with Gasteiger partial charge in [0.15, 0.2) is 0 Å². The molecule has 0 saturated heterocycles. The molecule has 0 aliphatic rings. The molecule has 0 fully saturated rings. The summed E-state index contributed by atoms with van der Waals surface area (Å²) in [4.78, 5) is 0. The fourth-order valence-electron chi connectivity index (χ4n) is 6.33. The number of fused-ring (bicyclic) bond motifs is 8. The third-order valence-electron chi connectivity index (χ3n) is 8.27. The van der Waals surface area contributed by atoms with E-state index in [1.165, 1.54) is 32.7 Å². The normalized spacial score (nSPS) is 12.0. The number of hydrogen-bond acceptors (Lipinski definition) is 2. The van der Waals surface area contributed by atoms with Gasteiger partial charge >= 0.3 is 0 Å². The van der Waals surface area contributed by atoms with Crippen LogP contribution in [0.5, 0.6) is 0 Å². The van der Waals surface area contributed by atoms with Crippen LogP contribution in [0, 0.1) is 0 Å². The van der Waals surface area contributed by atoms with Gasteiger partial charge in [-0.1, -0.05) is 97.1 Å². The summed E-state index contributed by atoms with van der Waals surface area (Å²) >= 11 is 0. The molecule has 7 aromatic carbocycles. The lowest BCUT2D eigenvalue weighted by molar-refractivity contribution is 0.664. The number of hydrogen-bond donors (Lipinski definition) is 0. The zero-order chi connectivity index (χ0) is 26.2. The molecule has 0 atom stereocenters. The average molecular weight is 511 g/mol. The molecule has 0 spiro atoms. The molecule has 0 N–H and O–H groups in total. The Morgan fingerprint density at radius 1 is 0.300 bits per heavy atom. The van der Waals surface area contributed by atoms with Crippen LogP contribution in [0.3, 0.4) is 0 Å². The van der Waals surface area contributed by atoms with E-state index in [9.17, 15) is 0 Å². The van der Waals surface area contributed by atoms with Gasteiger partial charge in [0.25, 0.3) is 0 Å². The van der Waals surface area contributed by atoms with Crippen molar-refractivity contribution < 1.29 is 8.83 Å². The Morgan fingerprint density at radius 2 is 0.725 bits per heavy atom. The maximum atomic E-state index is 6.45. The quantitative estimate of drug-likeness (QED) is 0.231. The minimum atomic E-state index is 0.874. The second-order valence-electron chi connectivity index (χ2n) is 10.5. The molecular formula is C38H22O2. The van der Waals surface area contributed by atoms with E-state index in [-0.39, 0.29) is 0 Å². The van der Waals surface area contributed by atoms with Crippen LogP contribution in [-0.2, 0) is 0 Å². The molecule has 186 valence electrons. The van der Waals surface area contributed by atoms with E-state index in [0.717, 1.165) is 55.0 Å². The van der Waals surface area contributed by atoms with Gasteiger partial charge in [-0.05, 0) is 80.2 Å². The van der Waals surface area contributed by atoms with E-state index in [2.05, 4.69) is 133 Å². The van der Waals surface area contributed by atoms with Crippen molar-refractivity contribution in [3.05, 3.63) is 133 Å². The lowest BCUT2D eigenvalue weighted by atomic mass is 9.97. The molecule has 0 bridgehead atoms. The first-order chi connectivity index (χ1) is 19.8. The van der Waals surface area contributed by atoms with E-state index in [4.69, 9.17) is 8.83 Å². The molecule has 9 aromatic rings. The van der Waals surface area contributed by atoms with Gasteiger partial charge in [-0.25, -0.2) is 0 Å². The molecule has 2 nitrogen and oxygen atoms in total. The van der Waals surface area contributed by atoms with Gasteiger partial charge < -0.3 is 8.83 Å². The van der Waals surface area contributed by atoms with Crippen molar-refractivity contribution in [2.24, 2.45) is 0 Å². The minimum Gasteiger partial charge on any atom is -0.456 e. The van der Waals surface area contributed by atoms with Gasteiger partial charge in [-0.15, -0.1) is 0 Å². The smallest absolute Gasteiger partial charge is 0.136 e. The van der Waals surface area contributed by atoms with Crippen LogP contribution in [0.25, 0.3) is 87.7 Å². The van der Waals surface area contributed by atoms with Crippen LogP contribution >= 0.6 is 0 Å². The minimum absolute atomic E-state index is 0.874. The van der Waals surface area contributed by atoms with Crippen LogP contribution < -0.4 is 0 Å². The zero-order valence-electron chi connectivity index (χ0n) is 21.5. The van der Waals surface area contributed by atoms with Gasteiger partial charge in [0.1, 0.15) is 22.3 Å². The Morgan fingerprint density at radius 3 is 1.23 bits per heavy atom. The van der Waals surface area contributed by atoms with Crippen LogP contribution in [-0.4, -0.2) is 0 Å². The van der Waals surface area contributed by atoms with Crippen molar-refractivity contribution >= 4 is 65.4 Å². The largest absolute Gasteiger partial charge is 0.456 e. The monoisotopic (exact) mass is 510 g/mol. The molecule has 9 rings (SSSR count). The van der Waals surface area contributed by atoms with Gasteiger partial charge in [-0.2, -0.15) is 0 Å². The van der Waals surface area contributed by atoms with E-state index in [1.54, 1.807) is 0 Å². The predicted molar refractivity (Wildman–Crippen MR) is 167 cm³/mol. The van der Waals surface area contributed by atoms with Crippen molar-refractivity contribution in [3.63, 3.8) is 0 Å². The Kier molecular flexibility index (Phi) is 4.36. The third kappa shape index (κ3) is 3.11. The molecule has 0 aliphatic carbocycles. The second-order valence-corrected chi connectivity index (χ2v) is 10.5. The molecular weight excluding hydrogens is 488 g/mol. The Labute approximate surface area is 229 Å². The fraction of sp³-hybridized carbons (Fsp3) is 0. The summed E-state index contributed by atoms with van der Waals surface area (Å²) in [6, 6.07) is 47.2. The van der Waals surface area contributed by atoms with E-state index in [0.29, 0.717) is 0 Å². The first-order valence-corrected chi connectivity index (χ1v) is 13.6. The third-order valence-corrected chi connectivity index (χ3v) is 8.27. The summed E-state index contributed by atoms with van der Waals surface area (Å²) in [6.45, 7) is 0. The Balaban J connectivity index is 1.20. The molecule has 0 saturated carbocycles. The van der Waals surface area contributed by atoms with Crippen LogP contribution in [0.15, 0.2) is 142 Å². The standard InChI is InChI=1S/C38H22O2/c1-3-11-27-23(7-1)9-5-13-29(27)25-15-17-31-33-21-38-34(22-37(33)39-35(31)19-25)32-18-16-26(20-36(32)40-38)30-14-6-10-24-8-2-4-12-28(24)30/h1-22H. The summed E-state index contributed by atoms with van der Waals surface area (Å²) in [6.07, 6.45) is 0. The van der Waals surface area contributed by atoms with Gasteiger partial charge in [0.05, 0.1) is 0 Å². The number of benzene rings is 7. The highest BCUT2D eigenvalue weighted by Gasteiger charge is 2.15. The van der Waals surface area contributed by atoms with E-state index in [1.807, 2.05) is 0 Å². The molecule has 0 unspecified atom stereocenters. The summed E-state index contributed by atoms with van der Waals surface area (Å²) in [5.74, 6) is 0. The summed E-state index contributed by atoms with van der Waals surface area (Å²) in [7, 11) is 0. The average Bonchev–Trinajstić information content (AvgIpc) is 3.55. The lowest BCUT2D eigenvalue weighted by Gasteiger charge is -2.06. The lowest BCUT2D eigenvalue weighted by Crippen LogP contribution is -1.81. The maximum Gasteiger partial charge on any atom is 0.136 e. The molecule has 0 amide bonds. The van der Waals surface area contributed by atoms with Gasteiger partial charge in [-0.3, -0.25) is 0 Å². The van der Waals surface area contributed by atoms with Crippen molar-refractivity contribution in [2.45, 2.75) is 0 Å². The van der Waals surface area contributed by atoms with Crippen molar-refractivity contribution in [2.75, 3.05) is 0 Å². The summed E-state index contributed by atoms with van der Waals surface area (Å²) < 4.78 is 12.9. The molecule has 2 heteroatoms. The van der Waals surface area contributed by atoms with E-state index < -0.39 is 0 Å². The highest BCUT2D eigenvalue weighted by Crippen LogP contribution is 2.40. The van der Waals surface area contributed by atoms with Crippen molar-refractivity contribution in [1.82, 2.24) is 0 Å². The highest BCUT2D eigenvalue weighted by molar-refractivity contribution is 6.16. The van der Waals surface area contributed by atoms with Crippen LogP contribution in [0.4, 0.5) is 0 Å². The van der Waals surface area contributed by atoms with Crippen LogP contribution in [0.2, 0.25) is 0 Å². The first-order valence-electron chi connectivity index (χ1n) is 13.6. The van der Waals surface area contributed by atoms with Crippen molar-refractivity contribution in [3.8, 4) is 22.3 Å². The molecule has 40 heavy (non-hydrogen) atoms. The SMILES string of the molecule is c1ccc2c(-c3ccc4c(c3)oc3cc5c(cc34)oc3cc(-c4cccc6ccccc46)ccc35)cccc2c1. The highest BCUT2D eigenvalue weighted by atomic mass is 16.3. The summed E-state index contributed by atoms with van der Waals surface area (Å²) in [5.41, 5.74) is 8.24. The predicted octanol–water partition coefficient (Wildman–Crippen LogP) is 11.1. The number of rotatable bonds is 2. The second kappa shape index (κ2) is 8.08. The van der Waals surface area contributed by atoms with Crippen molar-refractivity contribution in [1.29, 1.82) is 0 Å². The molecule has 2 heterocycles. The van der Waals surface area contributed by atoms with E-state index >= 15 is 0 Å². The van der Waals surface area contributed by atoms with Gasteiger partial charge in [0.2, 0.25) is 0 Å². The molecule has 2 aromatic heterocycles. The maximum absolute atomic E-state index is 6.45.